The maximum atomic E-state index is 5.71. The van der Waals surface area contributed by atoms with Gasteiger partial charge in [-0.05, 0) is 31.9 Å². The molecule has 1 aliphatic rings. The van der Waals surface area contributed by atoms with Crippen LogP contribution in [0.4, 0.5) is 11.5 Å². The lowest BCUT2D eigenvalue weighted by atomic mass is 10.1. The van der Waals surface area contributed by atoms with Crippen molar-refractivity contribution in [3.63, 3.8) is 0 Å². The highest BCUT2D eigenvalue weighted by molar-refractivity contribution is 5.49. The molecule has 1 aromatic rings. The molecule has 0 saturated carbocycles. The average Bonchev–Trinajstić information content (AvgIpc) is 2.25. The molecule has 0 radical (unpaired) electrons. The highest BCUT2D eigenvalue weighted by atomic mass is 16.5. The van der Waals surface area contributed by atoms with E-state index in [1.165, 1.54) is 0 Å². The maximum Gasteiger partial charge on any atom is 0.126 e. The zero-order valence-electron chi connectivity index (χ0n) is 8.99. The number of nitrogen functional groups attached to an aromatic ring is 1. The van der Waals surface area contributed by atoms with Crippen LogP contribution in [-0.4, -0.2) is 24.2 Å². The molecule has 4 nitrogen and oxygen atoms in total. The number of pyridine rings is 1. The number of aryl methyl sites for hydroxylation is 1. The molecule has 1 fully saturated rings. The highest BCUT2D eigenvalue weighted by Gasteiger charge is 2.13. The first kappa shape index (κ1) is 10.2. The Morgan fingerprint density at radius 3 is 3.07 bits per heavy atom. The van der Waals surface area contributed by atoms with Crippen molar-refractivity contribution >= 4 is 11.5 Å². The van der Waals surface area contributed by atoms with Gasteiger partial charge in [-0.2, -0.15) is 0 Å². The SMILES string of the molecule is Cc1nc(NC2CCCOC2)ccc1N. The highest BCUT2D eigenvalue weighted by Crippen LogP contribution is 2.15. The Balaban J connectivity index is 2.00. The first-order valence-electron chi connectivity index (χ1n) is 5.33. The third-order valence-electron chi connectivity index (χ3n) is 2.64. The first-order chi connectivity index (χ1) is 7.25. The van der Waals surface area contributed by atoms with Crippen LogP contribution >= 0.6 is 0 Å². The Labute approximate surface area is 89.8 Å². The molecular formula is C11H17N3O. The molecule has 0 aliphatic carbocycles. The molecule has 1 aliphatic heterocycles. The van der Waals surface area contributed by atoms with Crippen molar-refractivity contribution in [1.82, 2.24) is 4.98 Å². The zero-order chi connectivity index (χ0) is 10.7. The summed E-state index contributed by atoms with van der Waals surface area (Å²) in [5.41, 5.74) is 7.32. The van der Waals surface area contributed by atoms with Gasteiger partial charge < -0.3 is 15.8 Å². The van der Waals surface area contributed by atoms with Crippen LogP contribution in [-0.2, 0) is 4.74 Å². The fraction of sp³-hybridized carbons (Fsp3) is 0.545. The summed E-state index contributed by atoms with van der Waals surface area (Å²) in [6, 6.07) is 4.18. The van der Waals surface area contributed by atoms with E-state index in [1.54, 1.807) is 0 Å². The van der Waals surface area contributed by atoms with Gasteiger partial charge in [0.15, 0.2) is 0 Å². The molecule has 0 aromatic carbocycles. The molecule has 2 rings (SSSR count). The summed E-state index contributed by atoms with van der Waals surface area (Å²) in [4.78, 5) is 4.38. The van der Waals surface area contributed by atoms with Gasteiger partial charge in [-0.3, -0.25) is 0 Å². The number of hydrogen-bond acceptors (Lipinski definition) is 4. The lowest BCUT2D eigenvalue weighted by Gasteiger charge is -2.23. The second-order valence-electron chi connectivity index (χ2n) is 3.93. The molecule has 3 N–H and O–H groups in total. The number of ether oxygens (including phenoxy) is 1. The predicted molar refractivity (Wildman–Crippen MR) is 60.9 cm³/mol. The van der Waals surface area contributed by atoms with Crippen molar-refractivity contribution in [1.29, 1.82) is 0 Å². The molecule has 1 aromatic heterocycles. The van der Waals surface area contributed by atoms with E-state index in [-0.39, 0.29) is 0 Å². The minimum Gasteiger partial charge on any atom is -0.397 e. The Kier molecular flexibility index (Phi) is 3.06. The number of nitrogens with zero attached hydrogens (tertiary/aromatic N) is 1. The van der Waals surface area contributed by atoms with Crippen molar-refractivity contribution in [2.45, 2.75) is 25.8 Å². The standard InChI is InChI=1S/C11H17N3O/c1-8-10(12)4-5-11(13-8)14-9-3-2-6-15-7-9/h4-5,9H,2-3,6-7,12H2,1H3,(H,13,14). The quantitative estimate of drug-likeness (QED) is 0.772. The van der Waals surface area contributed by atoms with E-state index in [9.17, 15) is 0 Å². The van der Waals surface area contributed by atoms with Crippen molar-refractivity contribution in [2.75, 3.05) is 24.3 Å². The summed E-state index contributed by atoms with van der Waals surface area (Å²) in [6.07, 6.45) is 2.26. The topological polar surface area (TPSA) is 60.2 Å². The summed E-state index contributed by atoms with van der Waals surface area (Å²) in [5.74, 6) is 0.886. The smallest absolute Gasteiger partial charge is 0.126 e. The van der Waals surface area contributed by atoms with Gasteiger partial charge in [-0.15, -0.1) is 0 Å². The number of aromatic nitrogens is 1. The van der Waals surface area contributed by atoms with Crippen molar-refractivity contribution in [3.8, 4) is 0 Å². The van der Waals surface area contributed by atoms with Crippen LogP contribution in [0.5, 0.6) is 0 Å². The molecule has 1 unspecified atom stereocenters. The van der Waals surface area contributed by atoms with Gasteiger partial charge in [-0.1, -0.05) is 0 Å². The number of hydrogen-bond donors (Lipinski definition) is 2. The largest absolute Gasteiger partial charge is 0.397 e. The Morgan fingerprint density at radius 2 is 2.40 bits per heavy atom. The normalized spacial score (nSPS) is 21.3. The molecule has 1 saturated heterocycles. The van der Waals surface area contributed by atoms with Crippen LogP contribution in [0.2, 0.25) is 0 Å². The molecule has 0 bridgehead atoms. The lowest BCUT2D eigenvalue weighted by molar-refractivity contribution is 0.0875. The second-order valence-corrected chi connectivity index (χ2v) is 3.93. The zero-order valence-corrected chi connectivity index (χ0v) is 8.99. The fourth-order valence-electron chi connectivity index (χ4n) is 1.72. The van der Waals surface area contributed by atoms with E-state index in [4.69, 9.17) is 10.5 Å². The number of nitrogens with one attached hydrogen (secondary N) is 1. The second kappa shape index (κ2) is 4.49. The lowest BCUT2D eigenvalue weighted by Crippen LogP contribution is -2.30. The van der Waals surface area contributed by atoms with E-state index >= 15 is 0 Å². The van der Waals surface area contributed by atoms with Gasteiger partial charge >= 0.3 is 0 Å². The molecular weight excluding hydrogens is 190 g/mol. The van der Waals surface area contributed by atoms with Gasteiger partial charge in [0.05, 0.1) is 24.0 Å². The minimum absolute atomic E-state index is 0.384. The number of anilines is 2. The molecule has 4 heteroatoms. The van der Waals surface area contributed by atoms with Crippen LogP contribution in [0.1, 0.15) is 18.5 Å². The van der Waals surface area contributed by atoms with Crippen molar-refractivity contribution in [2.24, 2.45) is 0 Å². The van der Waals surface area contributed by atoms with E-state index in [1.807, 2.05) is 19.1 Å². The average molecular weight is 207 g/mol. The first-order valence-corrected chi connectivity index (χ1v) is 5.33. The van der Waals surface area contributed by atoms with E-state index in [0.29, 0.717) is 6.04 Å². The molecule has 15 heavy (non-hydrogen) atoms. The predicted octanol–water partition coefficient (Wildman–Crippen LogP) is 1.56. The van der Waals surface area contributed by atoms with Gasteiger partial charge in [0.1, 0.15) is 5.82 Å². The number of rotatable bonds is 2. The maximum absolute atomic E-state index is 5.71. The van der Waals surface area contributed by atoms with Crippen molar-refractivity contribution < 1.29 is 4.74 Å². The van der Waals surface area contributed by atoms with Gasteiger partial charge in [0.25, 0.3) is 0 Å². The van der Waals surface area contributed by atoms with E-state index < -0.39 is 0 Å². The Bertz CT molecular complexity index is 335. The fourth-order valence-corrected chi connectivity index (χ4v) is 1.72. The van der Waals surface area contributed by atoms with E-state index in [2.05, 4.69) is 10.3 Å². The molecule has 1 atom stereocenters. The Hall–Kier alpha value is -1.29. The van der Waals surface area contributed by atoms with Gasteiger partial charge in [-0.25, -0.2) is 4.98 Å². The van der Waals surface area contributed by atoms with Crippen LogP contribution < -0.4 is 11.1 Å². The third-order valence-corrected chi connectivity index (χ3v) is 2.64. The summed E-state index contributed by atoms with van der Waals surface area (Å²) in [6.45, 7) is 3.56. The van der Waals surface area contributed by atoms with Gasteiger partial charge in [0, 0.05) is 6.61 Å². The van der Waals surface area contributed by atoms with E-state index in [0.717, 1.165) is 43.3 Å². The van der Waals surface area contributed by atoms with Crippen LogP contribution in [0.3, 0.4) is 0 Å². The van der Waals surface area contributed by atoms with Crippen LogP contribution in [0.15, 0.2) is 12.1 Å². The summed E-state index contributed by atoms with van der Waals surface area (Å²) >= 11 is 0. The molecule has 2 heterocycles. The number of nitrogens with two attached hydrogens (primary N) is 1. The van der Waals surface area contributed by atoms with Crippen LogP contribution in [0.25, 0.3) is 0 Å². The molecule has 0 amide bonds. The minimum atomic E-state index is 0.384. The molecule has 82 valence electrons. The molecule has 0 spiro atoms. The van der Waals surface area contributed by atoms with Gasteiger partial charge in [0.2, 0.25) is 0 Å². The van der Waals surface area contributed by atoms with Crippen molar-refractivity contribution in [3.05, 3.63) is 17.8 Å². The summed E-state index contributed by atoms with van der Waals surface area (Å²) < 4.78 is 5.39. The monoisotopic (exact) mass is 207 g/mol. The van der Waals surface area contributed by atoms with Crippen LogP contribution in [0, 0.1) is 6.92 Å². The summed E-state index contributed by atoms with van der Waals surface area (Å²) in [7, 11) is 0. The third kappa shape index (κ3) is 2.59. The Morgan fingerprint density at radius 1 is 1.53 bits per heavy atom. The summed E-state index contributed by atoms with van der Waals surface area (Å²) in [5, 5.41) is 3.36.